The Hall–Kier alpha value is -1.25. The van der Waals surface area contributed by atoms with Crippen LogP contribution in [0.1, 0.15) is 27.7 Å². The molecule has 15 heavy (non-hydrogen) atoms. The van der Waals surface area contributed by atoms with Gasteiger partial charge in [-0.15, -0.1) is 0 Å². The minimum Gasteiger partial charge on any atom is -0.381 e. The number of nitrogens with zero attached hydrogens (tertiary/aromatic N) is 1. The smallest absolute Gasteiger partial charge is 0.250 e. The largest absolute Gasteiger partial charge is 0.381 e. The summed E-state index contributed by atoms with van der Waals surface area (Å²) in [6, 6.07) is 3.86. The van der Waals surface area contributed by atoms with Crippen LogP contribution in [0.2, 0.25) is 0 Å². The van der Waals surface area contributed by atoms with Gasteiger partial charge in [-0.1, -0.05) is 13.8 Å². The summed E-state index contributed by atoms with van der Waals surface area (Å²) >= 11 is 0. The molecular formula is C12H20N2O. The van der Waals surface area contributed by atoms with E-state index in [1.54, 1.807) is 10.6 Å². The third kappa shape index (κ3) is 3.11. The zero-order valence-corrected chi connectivity index (χ0v) is 9.95. The Bertz CT molecular complexity index is 368. The first kappa shape index (κ1) is 11.8. The Morgan fingerprint density at radius 2 is 2.00 bits per heavy atom. The van der Waals surface area contributed by atoms with Gasteiger partial charge in [-0.05, 0) is 25.8 Å². The lowest BCUT2D eigenvalue weighted by atomic mass is 10.1. The van der Waals surface area contributed by atoms with Crippen molar-refractivity contribution in [1.82, 2.24) is 4.57 Å². The highest BCUT2D eigenvalue weighted by Gasteiger charge is 2.06. The van der Waals surface area contributed by atoms with Gasteiger partial charge in [0.2, 0.25) is 0 Å². The van der Waals surface area contributed by atoms with Crippen LogP contribution in [0.15, 0.2) is 23.1 Å². The zero-order valence-electron chi connectivity index (χ0n) is 9.95. The average Bonchev–Trinajstić information content (AvgIpc) is 2.20. The molecule has 0 fully saturated rings. The number of hydrogen-bond acceptors (Lipinski definition) is 2. The molecule has 0 saturated heterocycles. The molecule has 3 nitrogen and oxygen atoms in total. The fraction of sp³-hybridized carbons (Fsp3) is 0.583. The lowest BCUT2D eigenvalue weighted by Gasteiger charge is -2.19. The van der Waals surface area contributed by atoms with E-state index in [1.807, 2.05) is 19.2 Å². The number of hydrogen-bond donors (Lipinski definition) is 1. The fourth-order valence-electron chi connectivity index (χ4n) is 1.29. The first-order valence-electron chi connectivity index (χ1n) is 5.51. The second-order valence-corrected chi connectivity index (χ2v) is 4.22. The lowest BCUT2D eigenvalue weighted by molar-refractivity contribution is 0.559. The van der Waals surface area contributed by atoms with E-state index >= 15 is 0 Å². The van der Waals surface area contributed by atoms with E-state index in [2.05, 4.69) is 26.1 Å². The maximum absolute atomic E-state index is 11.4. The molecule has 1 aromatic rings. The summed E-state index contributed by atoms with van der Waals surface area (Å²) in [7, 11) is 0. The monoisotopic (exact) mass is 208 g/mol. The van der Waals surface area contributed by atoms with Gasteiger partial charge in [0.05, 0.1) is 5.69 Å². The highest BCUT2D eigenvalue weighted by molar-refractivity contribution is 5.41. The van der Waals surface area contributed by atoms with E-state index in [0.717, 1.165) is 5.69 Å². The lowest BCUT2D eigenvalue weighted by Crippen LogP contribution is -2.24. The first-order chi connectivity index (χ1) is 7.04. The summed E-state index contributed by atoms with van der Waals surface area (Å²) < 4.78 is 1.70. The van der Waals surface area contributed by atoms with Gasteiger partial charge < -0.3 is 9.88 Å². The topological polar surface area (TPSA) is 34.0 Å². The van der Waals surface area contributed by atoms with E-state index in [9.17, 15) is 4.79 Å². The van der Waals surface area contributed by atoms with E-state index in [4.69, 9.17) is 0 Å². The van der Waals surface area contributed by atoms with E-state index in [0.29, 0.717) is 18.5 Å². The quantitative estimate of drug-likeness (QED) is 0.824. The van der Waals surface area contributed by atoms with Crippen LogP contribution in [-0.2, 0) is 6.54 Å². The Morgan fingerprint density at radius 3 is 2.53 bits per heavy atom. The normalized spacial score (nSPS) is 12.9. The van der Waals surface area contributed by atoms with Gasteiger partial charge in [-0.3, -0.25) is 4.79 Å². The van der Waals surface area contributed by atoms with Crippen LogP contribution in [0.4, 0.5) is 5.69 Å². The van der Waals surface area contributed by atoms with Crippen molar-refractivity contribution in [2.45, 2.75) is 40.3 Å². The van der Waals surface area contributed by atoms with Crippen LogP contribution in [-0.4, -0.2) is 10.6 Å². The molecule has 84 valence electrons. The molecular weight excluding hydrogens is 188 g/mol. The molecule has 0 radical (unpaired) electrons. The molecule has 0 bridgehead atoms. The van der Waals surface area contributed by atoms with Crippen LogP contribution in [0.25, 0.3) is 0 Å². The Balaban J connectivity index is 2.83. The van der Waals surface area contributed by atoms with Crippen LogP contribution in [0.5, 0.6) is 0 Å². The summed E-state index contributed by atoms with van der Waals surface area (Å²) in [4.78, 5) is 11.4. The predicted octanol–water partition coefficient (Wildman–Crippen LogP) is 2.32. The SMILES string of the molecule is CCn1cc(NC(C)C(C)C)ccc1=O. The molecule has 0 aromatic carbocycles. The van der Waals surface area contributed by atoms with Crippen molar-refractivity contribution in [3.8, 4) is 0 Å². The molecule has 1 rings (SSSR count). The zero-order chi connectivity index (χ0) is 11.4. The van der Waals surface area contributed by atoms with E-state index in [1.165, 1.54) is 0 Å². The van der Waals surface area contributed by atoms with Gasteiger partial charge in [-0.25, -0.2) is 0 Å². The summed E-state index contributed by atoms with van der Waals surface area (Å²) in [6.45, 7) is 9.18. The van der Waals surface area contributed by atoms with E-state index < -0.39 is 0 Å². The minimum absolute atomic E-state index is 0.0558. The van der Waals surface area contributed by atoms with Gasteiger partial charge in [0, 0.05) is 24.8 Å². The van der Waals surface area contributed by atoms with Crippen molar-refractivity contribution in [3.63, 3.8) is 0 Å². The Labute approximate surface area is 91.1 Å². The second-order valence-electron chi connectivity index (χ2n) is 4.22. The number of aromatic nitrogens is 1. The minimum atomic E-state index is 0.0558. The van der Waals surface area contributed by atoms with Crippen molar-refractivity contribution in [2.24, 2.45) is 5.92 Å². The molecule has 0 saturated carbocycles. The Morgan fingerprint density at radius 1 is 1.33 bits per heavy atom. The van der Waals surface area contributed by atoms with Gasteiger partial charge in [-0.2, -0.15) is 0 Å². The van der Waals surface area contributed by atoms with E-state index in [-0.39, 0.29) is 5.56 Å². The second kappa shape index (κ2) is 5.01. The third-order valence-electron chi connectivity index (χ3n) is 2.72. The van der Waals surface area contributed by atoms with Gasteiger partial charge in [0.25, 0.3) is 5.56 Å². The molecule has 1 unspecified atom stereocenters. The first-order valence-corrected chi connectivity index (χ1v) is 5.51. The van der Waals surface area contributed by atoms with Gasteiger partial charge in [0.15, 0.2) is 0 Å². The maximum atomic E-state index is 11.4. The van der Waals surface area contributed by atoms with Crippen LogP contribution >= 0.6 is 0 Å². The summed E-state index contributed by atoms with van der Waals surface area (Å²) in [5.74, 6) is 0.576. The molecule has 0 amide bonds. The molecule has 0 aliphatic carbocycles. The van der Waals surface area contributed by atoms with Gasteiger partial charge in [0.1, 0.15) is 0 Å². The maximum Gasteiger partial charge on any atom is 0.250 e. The summed E-state index contributed by atoms with van der Waals surface area (Å²) in [5.41, 5.74) is 1.07. The number of pyridine rings is 1. The van der Waals surface area contributed by atoms with Crippen LogP contribution in [0.3, 0.4) is 0 Å². The highest BCUT2D eigenvalue weighted by Crippen LogP contribution is 2.10. The molecule has 1 N–H and O–H groups in total. The molecule has 0 aliphatic heterocycles. The number of nitrogens with one attached hydrogen (secondary N) is 1. The number of rotatable bonds is 4. The highest BCUT2D eigenvalue weighted by atomic mass is 16.1. The predicted molar refractivity (Wildman–Crippen MR) is 64.3 cm³/mol. The fourth-order valence-corrected chi connectivity index (χ4v) is 1.29. The summed E-state index contributed by atoms with van der Waals surface area (Å²) in [5, 5.41) is 3.38. The van der Waals surface area contributed by atoms with Crippen molar-refractivity contribution in [1.29, 1.82) is 0 Å². The van der Waals surface area contributed by atoms with Crippen molar-refractivity contribution < 1.29 is 0 Å². The average molecular weight is 208 g/mol. The third-order valence-corrected chi connectivity index (χ3v) is 2.72. The van der Waals surface area contributed by atoms with Crippen LogP contribution < -0.4 is 10.9 Å². The molecule has 0 spiro atoms. The number of anilines is 1. The van der Waals surface area contributed by atoms with Crippen LogP contribution in [0, 0.1) is 5.92 Å². The van der Waals surface area contributed by atoms with Crippen molar-refractivity contribution in [3.05, 3.63) is 28.7 Å². The Kier molecular flexibility index (Phi) is 3.95. The molecule has 1 aromatic heterocycles. The van der Waals surface area contributed by atoms with Gasteiger partial charge >= 0.3 is 0 Å². The standard InChI is InChI=1S/C12H20N2O/c1-5-14-8-11(6-7-12(14)15)13-10(4)9(2)3/h6-10,13H,5H2,1-4H3. The number of aryl methyl sites for hydroxylation is 1. The molecule has 0 aliphatic rings. The molecule has 1 atom stereocenters. The van der Waals surface area contributed by atoms with Crippen molar-refractivity contribution in [2.75, 3.05) is 5.32 Å². The van der Waals surface area contributed by atoms with Crippen molar-refractivity contribution >= 4 is 5.69 Å². The molecule has 1 heterocycles. The molecule has 3 heteroatoms. The summed E-state index contributed by atoms with van der Waals surface area (Å²) in [6.07, 6.45) is 1.88.